The molecule has 0 rings (SSSR count). The van der Waals surface area contributed by atoms with Gasteiger partial charge in [-0.05, 0) is 12.8 Å². The fourth-order valence-corrected chi connectivity index (χ4v) is 5.41. The zero-order valence-electron chi connectivity index (χ0n) is 26.1. The highest BCUT2D eigenvalue weighted by atomic mass is 31.2. The van der Waals surface area contributed by atoms with E-state index >= 15 is 0 Å². The zero-order valence-corrected chi connectivity index (χ0v) is 27.0. The van der Waals surface area contributed by atoms with Crippen LogP contribution in [-0.2, 0) is 4.57 Å². The average Bonchev–Trinajstić information content (AvgIpc) is 2.91. The molecule has 0 fully saturated rings. The molecule has 0 aromatic heterocycles. The smallest absolute Gasteiger partial charge is 0.395 e. The van der Waals surface area contributed by atoms with E-state index in [1.807, 2.05) is 0 Å². The molecule has 0 aromatic carbocycles. The van der Waals surface area contributed by atoms with E-state index in [-0.39, 0.29) is 19.8 Å². The van der Waals surface area contributed by atoms with Crippen molar-refractivity contribution < 1.29 is 39.7 Å². The van der Waals surface area contributed by atoms with Crippen LogP contribution in [0.5, 0.6) is 0 Å². The SMILES string of the molecule is CCCCCCCCCCCCCC(O)(CCCCCCCCCCCCC)C(CO)(CO)CO.O=P(O)(O)O. The van der Waals surface area contributed by atoms with E-state index in [1.54, 1.807) is 0 Å². The molecule has 244 valence electrons. The van der Waals surface area contributed by atoms with Crippen LogP contribution in [0.4, 0.5) is 0 Å². The Balaban J connectivity index is 0. The van der Waals surface area contributed by atoms with Crippen molar-refractivity contribution in [1.82, 2.24) is 0 Å². The van der Waals surface area contributed by atoms with Crippen molar-refractivity contribution in [3.8, 4) is 0 Å². The van der Waals surface area contributed by atoms with Gasteiger partial charge in [-0.1, -0.05) is 155 Å². The summed E-state index contributed by atoms with van der Waals surface area (Å²) >= 11 is 0. The van der Waals surface area contributed by atoms with Gasteiger partial charge in [-0.2, -0.15) is 0 Å². The third-order valence-corrected chi connectivity index (χ3v) is 8.28. The van der Waals surface area contributed by atoms with Gasteiger partial charge in [0, 0.05) is 0 Å². The number of hydrogen-bond donors (Lipinski definition) is 7. The van der Waals surface area contributed by atoms with Crippen molar-refractivity contribution in [2.45, 2.75) is 174 Å². The van der Waals surface area contributed by atoms with Gasteiger partial charge in [-0.3, -0.25) is 0 Å². The van der Waals surface area contributed by atoms with Gasteiger partial charge in [-0.15, -0.1) is 0 Å². The number of hydrogen-bond acceptors (Lipinski definition) is 5. The maximum atomic E-state index is 11.5. The lowest BCUT2D eigenvalue weighted by molar-refractivity contribution is -0.162. The van der Waals surface area contributed by atoms with Crippen LogP contribution >= 0.6 is 7.82 Å². The minimum absolute atomic E-state index is 0.382. The molecule has 0 atom stereocenters. The van der Waals surface area contributed by atoms with Crippen LogP contribution in [-0.4, -0.2) is 60.5 Å². The lowest BCUT2D eigenvalue weighted by Crippen LogP contribution is -2.55. The molecule has 40 heavy (non-hydrogen) atoms. The molecule has 9 heteroatoms. The number of unbranched alkanes of at least 4 members (excludes halogenated alkanes) is 20. The largest absolute Gasteiger partial charge is 0.466 e. The topological polar surface area (TPSA) is 159 Å². The van der Waals surface area contributed by atoms with Crippen molar-refractivity contribution in [2.75, 3.05) is 19.8 Å². The molecule has 0 heterocycles. The van der Waals surface area contributed by atoms with Gasteiger partial charge >= 0.3 is 7.82 Å². The Morgan fingerprint density at radius 1 is 0.450 bits per heavy atom. The van der Waals surface area contributed by atoms with Crippen molar-refractivity contribution in [3.05, 3.63) is 0 Å². The molecule has 0 bridgehead atoms. The molecule has 0 amide bonds. The van der Waals surface area contributed by atoms with Gasteiger partial charge in [0.15, 0.2) is 0 Å². The maximum absolute atomic E-state index is 11.5. The molecule has 0 saturated heterocycles. The number of aliphatic hydroxyl groups excluding tert-OH is 3. The Morgan fingerprint density at radius 3 is 0.850 bits per heavy atom. The van der Waals surface area contributed by atoms with Gasteiger partial charge in [0.1, 0.15) is 0 Å². The number of phosphoric acid groups is 1. The summed E-state index contributed by atoms with van der Waals surface area (Å²) in [6.45, 7) is 3.36. The Morgan fingerprint density at radius 2 is 0.650 bits per heavy atom. The van der Waals surface area contributed by atoms with Crippen molar-refractivity contribution in [3.63, 3.8) is 0 Å². The third kappa shape index (κ3) is 24.5. The molecule has 0 radical (unpaired) electrons. The molecule has 0 aliphatic rings. The first-order valence-electron chi connectivity index (χ1n) is 16.4. The summed E-state index contributed by atoms with van der Waals surface area (Å²) in [5.74, 6) is 0. The Bertz CT molecular complexity index is 523. The monoisotopic (exact) mass is 598 g/mol. The van der Waals surface area contributed by atoms with Crippen LogP contribution in [0.25, 0.3) is 0 Å². The summed E-state index contributed by atoms with van der Waals surface area (Å²) in [4.78, 5) is 21.6. The van der Waals surface area contributed by atoms with Crippen molar-refractivity contribution in [1.29, 1.82) is 0 Å². The predicted octanol–water partition coefficient (Wildman–Crippen LogP) is 7.15. The molecule has 8 nitrogen and oxygen atoms in total. The van der Waals surface area contributed by atoms with E-state index in [4.69, 9.17) is 19.2 Å². The lowest BCUT2D eigenvalue weighted by Gasteiger charge is -2.44. The van der Waals surface area contributed by atoms with Crippen LogP contribution in [0, 0.1) is 5.41 Å². The third-order valence-electron chi connectivity index (χ3n) is 8.28. The molecule has 0 aliphatic heterocycles. The summed E-state index contributed by atoms with van der Waals surface area (Å²) in [5.41, 5.74) is -2.42. The Labute approximate surface area is 246 Å². The fraction of sp³-hybridized carbons (Fsp3) is 1.00. The Kier molecular flexibility index (Phi) is 29.2. The van der Waals surface area contributed by atoms with Gasteiger partial charge in [0.05, 0.1) is 30.8 Å². The summed E-state index contributed by atoms with van der Waals surface area (Å²) in [6.07, 6.45) is 28.6. The molecule has 0 saturated carbocycles. The van der Waals surface area contributed by atoms with Crippen molar-refractivity contribution in [2.24, 2.45) is 5.41 Å². The molecule has 0 aromatic rings. The second kappa shape index (κ2) is 27.8. The molecule has 0 spiro atoms. The fourth-order valence-electron chi connectivity index (χ4n) is 5.41. The Hall–Kier alpha value is -0.0500. The van der Waals surface area contributed by atoms with Gasteiger partial charge in [-0.25, -0.2) is 4.57 Å². The van der Waals surface area contributed by atoms with Crippen LogP contribution in [0.15, 0.2) is 0 Å². The van der Waals surface area contributed by atoms with Crippen LogP contribution in [0.3, 0.4) is 0 Å². The maximum Gasteiger partial charge on any atom is 0.466 e. The first kappa shape index (κ1) is 42.1. The van der Waals surface area contributed by atoms with Gasteiger partial charge < -0.3 is 35.1 Å². The molecule has 0 aliphatic carbocycles. The second-order valence-corrected chi connectivity index (χ2v) is 12.9. The molecule has 7 N–H and O–H groups in total. The van der Waals surface area contributed by atoms with E-state index in [2.05, 4.69) is 13.8 Å². The van der Waals surface area contributed by atoms with Gasteiger partial charge in [0.2, 0.25) is 0 Å². The summed E-state index contributed by atoms with van der Waals surface area (Å²) in [7, 11) is -4.64. The molecular formula is C31H67O8P. The van der Waals surface area contributed by atoms with E-state index < -0.39 is 18.8 Å². The standard InChI is InChI=1S/C31H64O4.H3O4P/c1-3-5-7-9-11-13-15-17-19-21-23-25-31(35,30(27-32,28-33)29-34)26-24-22-20-18-16-14-12-10-8-6-4-2;1-5(2,3)4/h32-35H,3-29H2,1-2H3;(H3,1,2,3,4). The summed E-state index contributed by atoms with van der Waals surface area (Å²) in [6, 6.07) is 0. The predicted molar refractivity (Wildman–Crippen MR) is 165 cm³/mol. The highest BCUT2D eigenvalue weighted by Crippen LogP contribution is 2.39. The van der Waals surface area contributed by atoms with Crippen molar-refractivity contribution >= 4 is 7.82 Å². The van der Waals surface area contributed by atoms with Crippen LogP contribution < -0.4 is 0 Å². The van der Waals surface area contributed by atoms with E-state index in [1.165, 1.54) is 116 Å². The average molecular weight is 599 g/mol. The molecular weight excluding hydrogens is 531 g/mol. The van der Waals surface area contributed by atoms with Crippen LogP contribution in [0.2, 0.25) is 0 Å². The lowest BCUT2D eigenvalue weighted by atomic mass is 9.68. The number of aliphatic hydroxyl groups is 4. The quantitative estimate of drug-likeness (QED) is 0.0369. The highest BCUT2D eigenvalue weighted by Gasteiger charge is 2.48. The van der Waals surface area contributed by atoms with E-state index in [9.17, 15) is 20.4 Å². The number of rotatable bonds is 28. The summed E-state index contributed by atoms with van der Waals surface area (Å²) < 4.78 is 8.88. The van der Waals surface area contributed by atoms with Gasteiger partial charge in [0.25, 0.3) is 0 Å². The minimum Gasteiger partial charge on any atom is -0.395 e. The normalized spacial score (nSPS) is 12.4. The molecule has 0 unspecified atom stereocenters. The summed E-state index contributed by atoms with van der Waals surface area (Å²) in [5, 5.41) is 41.5. The van der Waals surface area contributed by atoms with Crippen LogP contribution in [0.1, 0.15) is 168 Å². The van der Waals surface area contributed by atoms with E-state index in [0.29, 0.717) is 12.8 Å². The highest BCUT2D eigenvalue weighted by molar-refractivity contribution is 7.45. The first-order valence-corrected chi connectivity index (χ1v) is 18.0. The minimum atomic E-state index is -4.64. The van der Waals surface area contributed by atoms with E-state index in [0.717, 1.165) is 25.7 Å². The second-order valence-electron chi connectivity index (χ2n) is 11.9. The zero-order chi connectivity index (χ0) is 30.6. The first-order chi connectivity index (χ1) is 19.1.